The Morgan fingerprint density at radius 1 is 1.73 bits per heavy atom. The fraction of sp³-hybridized carbons (Fsp3) is 0.600. The van der Waals surface area contributed by atoms with Crippen molar-refractivity contribution in [2.24, 2.45) is 0 Å². The van der Waals surface area contributed by atoms with Gasteiger partial charge in [0.25, 0.3) is 5.91 Å². The fourth-order valence-electron chi connectivity index (χ4n) is 1.78. The van der Waals surface area contributed by atoms with Crippen molar-refractivity contribution in [1.82, 2.24) is 10.1 Å². The van der Waals surface area contributed by atoms with Crippen molar-refractivity contribution in [1.29, 1.82) is 0 Å². The average Bonchev–Trinajstić information content (AvgIpc) is 2.63. The van der Waals surface area contributed by atoms with Crippen molar-refractivity contribution in [3.8, 4) is 0 Å². The SMILES string of the molecule is Cc1oncc1C(=O)N1CCCC(Cl)C1. The molecule has 82 valence electrons. The topological polar surface area (TPSA) is 46.3 Å². The number of piperidine rings is 1. The zero-order valence-corrected chi connectivity index (χ0v) is 9.33. The third-order valence-electron chi connectivity index (χ3n) is 2.63. The van der Waals surface area contributed by atoms with E-state index in [1.54, 1.807) is 11.8 Å². The van der Waals surface area contributed by atoms with Crippen LogP contribution in [0.4, 0.5) is 0 Å². The van der Waals surface area contributed by atoms with Crippen LogP contribution in [0.15, 0.2) is 10.7 Å². The van der Waals surface area contributed by atoms with E-state index in [4.69, 9.17) is 16.1 Å². The number of likely N-dealkylation sites (tertiary alicyclic amines) is 1. The first-order valence-corrected chi connectivity index (χ1v) is 5.46. The van der Waals surface area contributed by atoms with Gasteiger partial charge in [0.15, 0.2) is 0 Å². The molecule has 2 rings (SSSR count). The summed E-state index contributed by atoms with van der Waals surface area (Å²) in [5.41, 5.74) is 0.542. The van der Waals surface area contributed by atoms with Crippen LogP contribution in [-0.4, -0.2) is 34.4 Å². The zero-order valence-electron chi connectivity index (χ0n) is 8.57. The van der Waals surface area contributed by atoms with Crippen molar-refractivity contribution in [3.05, 3.63) is 17.5 Å². The summed E-state index contributed by atoms with van der Waals surface area (Å²) >= 11 is 6.02. The lowest BCUT2D eigenvalue weighted by Gasteiger charge is -2.29. The number of hydrogen-bond acceptors (Lipinski definition) is 3. The van der Waals surface area contributed by atoms with E-state index in [-0.39, 0.29) is 11.3 Å². The second-order valence-electron chi connectivity index (χ2n) is 3.79. The first-order chi connectivity index (χ1) is 7.18. The van der Waals surface area contributed by atoms with Crippen LogP contribution in [0, 0.1) is 6.92 Å². The highest BCUT2D eigenvalue weighted by molar-refractivity contribution is 6.21. The lowest BCUT2D eigenvalue weighted by Crippen LogP contribution is -2.40. The minimum atomic E-state index is -0.0286. The number of nitrogens with zero attached hydrogens (tertiary/aromatic N) is 2. The Kier molecular flexibility index (Phi) is 2.95. The van der Waals surface area contributed by atoms with Crippen LogP contribution in [-0.2, 0) is 0 Å². The second-order valence-corrected chi connectivity index (χ2v) is 4.40. The highest BCUT2D eigenvalue weighted by atomic mass is 35.5. The van der Waals surface area contributed by atoms with Crippen LogP contribution in [0.1, 0.15) is 29.0 Å². The van der Waals surface area contributed by atoms with Crippen molar-refractivity contribution < 1.29 is 9.32 Å². The molecule has 1 aromatic rings. The van der Waals surface area contributed by atoms with Crippen molar-refractivity contribution in [3.63, 3.8) is 0 Å². The number of aromatic nitrogens is 1. The monoisotopic (exact) mass is 228 g/mol. The average molecular weight is 229 g/mol. The van der Waals surface area contributed by atoms with Gasteiger partial charge in [-0.1, -0.05) is 5.16 Å². The van der Waals surface area contributed by atoms with Gasteiger partial charge >= 0.3 is 0 Å². The Bertz CT molecular complexity index is 364. The van der Waals surface area contributed by atoms with Crippen LogP contribution < -0.4 is 0 Å². The molecule has 0 spiro atoms. The third-order valence-corrected chi connectivity index (χ3v) is 2.99. The molecule has 5 heteroatoms. The van der Waals surface area contributed by atoms with E-state index >= 15 is 0 Å². The largest absolute Gasteiger partial charge is 0.361 e. The van der Waals surface area contributed by atoms with E-state index in [1.165, 1.54) is 6.20 Å². The molecule has 1 unspecified atom stereocenters. The van der Waals surface area contributed by atoms with E-state index in [1.807, 2.05) is 0 Å². The predicted octanol–water partition coefficient (Wildman–Crippen LogP) is 1.83. The Labute approximate surface area is 93.2 Å². The molecule has 1 aliphatic rings. The third kappa shape index (κ3) is 2.15. The number of alkyl halides is 1. The van der Waals surface area contributed by atoms with Gasteiger partial charge in [0.1, 0.15) is 11.3 Å². The zero-order chi connectivity index (χ0) is 10.8. The van der Waals surface area contributed by atoms with Crippen molar-refractivity contribution in [2.75, 3.05) is 13.1 Å². The minimum Gasteiger partial charge on any atom is -0.361 e. The molecule has 1 aromatic heterocycles. The van der Waals surface area contributed by atoms with Gasteiger partial charge in [-0.15, -0.1) is 11.6 Å². The number of carbonyl (C=O) groups is 1. The molecule has 1 amide bonds. The molecular formula is C10H13ClN2O2. The van der Waals surface area contributed by atoms with Gasteiger partial charge < -0.3 is 9.42 Å². The van der Waals surface area contributed by atoms with E-state index in [9.17, 15) is 4.79 Å². The summed E-state index contributed by atoms with van der Waals surface area (Å²) in [4.78, 5) is 13.8. The van der Waals surface area contributed by atoms with Crippen LogP contribution in [0.3, 0.4) is 0 Å². The van der Waals surface area contributed by atoms with E-state index in [0.29, 0.717) is 17.9 Å². The second kappa shape index (κ2) is 4.23. The van der Waals surface area contributed by atoms with Crippen molar-refractivity contribution in [2.45, 2.75) is 25.1 Å². The summed E-state index contributed by atoms with van der Waals surface area (Å²) < 4.78 is 4.87. The molecule has 1 fully saturated rings. The minimum absolute atomic E-state index is 0.0286. The molecule has 1 atom stereocenters. The first-order valence-electron chi connectivity index (χ1n) is 5.03. The van der Waals surface area contributed by atoms with Gasteiger partial charge in [-0.3, -0.25) is 4.79 Å². The smallest absolute Gasteiger partial charge is 0.259 e. The summed E-state index contributed by atoms with van der Waals surface area (Å²) in [6.07, 6.45) is 3.41. The summed E-state index contributed by atoms with van der Waals surface area (Å²) in [7, 11) is 0. The van der Waals surface area contributed by atoms with E-state index in [0.717, 1.165) is 19.4 Å². The molecule has 1 aliphatic heterocycles. The van der Waals surface area contributed by atoms with Gasteiger partial charge in [0.05, 0.1) is 11.6 Å². The molecule has 0 bridgehead atoms. The predicted molar refractivity (Wildman–Crippen MR) is 56.0 cm³/mol. The number of rotatable bonds is 1. The molecule has 1 saturated heterocycles. The fourth-order valence-corrected chi connectivity index (χ4v) is 2.11. The number of hydrogen-bond donors (Lipinski definition) is 0. The van der Waals surface area contributed by atoms with Crippen LogP contribution in [0.25, 0.3) is 0 Å². The van der Waals surface area contributed by atoms with Crippen molar-refractivity contribution >= 4 is 17.5 Å². The standard InChI is InChI=1S/C10H13ClN2O2/c1-7-9(5-12-15-7)10(14)13-4-2-3-8(11)6-13/h5,8H,2-4,6H2,1H3. The Hall–Kier alpha value is -1.03. The lowest BCUT2D eigenvalue weighted by atomic mass is 10.1. The molecule has 0 saturated carbocycles. The summed E-state index contributed by atoms with van der Waals surface area (Å²) in [6.45, 7) is 3.13. The summed E-state index contributed by atoms with van der Waals surface area (Å²) in [6, 6.07) is 0. The molecule has 0 aromatic carbocycles. The Balaban J connectivity index is 2.11. The summed E-state index contributed by atoms with van der Waals surface area (Å²) in [5.74, 6) is 0.538. The van der Waals surface area contributed by atoms with Crippen LogP contribution in [0.2, 0.25) is 0 Å². The number of amides is 1. The van der Waals surface area contributed by atoms with Gasteiger partial charge in [-0.2, -0.15) is 0 Å². The molecule has 0 N–H and O–H groups in total. The molecule has 15 heavy (non-hydrogen) atoms. The molecule has 0 aliphatic carbocycles. The quantitative estimate of drug-likeness (QED) is 0.689. The van der Waals surface area contributed by atoms with Gasteiger partial charge in [-0.25, -0.2) is 0 Å². The van der Waals surface area contributed by atoms with Crippen LogP contribution in [0.5, 0.6) is 0 Å². The molecular weight excluding hydrogens is 216 g/mol. The maximum Gasteiger partial charge on any atom is 0.259 e. The van der Waals surface area contributed by atoms with Gasteiger partial charge in [0, 0.05) is 13.1 Å². The highest BCUT2D eigenvalue weighted by Crippen LogP contribution is 2.18. The first kappa shape index (κ1) is 10.5. The molecule has 0 radical (unpaired) electrons. The van der Waals surface area contributed by atoms with Crippen LogP contribution >= 0.6 is 11.6 Å². The highest BCUT2D eigenvalue weighted by Gasteiger charge is 2.25. The van der Waals surface area contributed by atoms with Gasteiger partial charge in [-0.05, 0) is 19.8 Å². The number of carbonyl (C=O) groups excluding carboxylic acids is 1. The van der Waals surface area contributed by atoms with E-state index < -0.39 is 0 Å². The Morgan fingerprint density at radius 3 is 3.13 bits per heavy atom. The maximum absolute atomic E-state index is 12.0. The maximum atomic E-state index is 12.0. The molecule has 2 heterocycles. The normalized spacial score (nSPS) is 21.7. The number of aryl methyl sites for hydroxylation is 1. The van der Waals surface area contributed by atoms with Gasteiger partial charge in [0.2, 0.25) is 0 Å². The Morgan fingerprint density at radius 2 is 2.53 bits per heavy atom. The lowest BCUT2D eigenvalue weighted by molar-refractivity contribution is 0.0725. The van der Waals surface area contributed by atoms with E-state index in [2.05, 4.69) is 5.16 Å². The summed E-state index contributed by atoms with van der Waals surface area (Å²) in [5, 5.41) is 3.67. The molecule has 4 nitrogen and oxygen atoms in total. The number of halogens is 1.